The molecule has 1 aromatic rings. The van der Waals surface area contributed by atoms with Crippen LogP contribution in [-0.4, -0.2) is 17.7 Å². The summed E-state index contributed by atoms with van der Waals surface area (Å²) in [6.07, 6.45) is 6.21. The van der Waals surface area contributed by atoms with Gasteiger partial charge in [0.25, 0.3) is 0 Å². The molecule has 0 bridgehead atoms. The van der Waals surface area contributed by atoms with Crippen LogP contribution in [0.4, 0.5) is 0 Å². The number of carbonyl (C=O) groups is 1. The third kappa shape index (κ3) is 1.32. The fraction of sp³-hybridized carbons (Fsp3) is 0.250. The van der Waals surface area contributed by atoms with Gasteiger partial charge >= 0.3 is 0 Å². The number of hydrogen-bond acceptors (Lipinski definition) is 2. The van der Waals surface area contributed by atoms with E-state index < -0.39 is 0 Å². The van der Waals surface area contributed by atoms with E-state index in [4.69, 9.17) is 6.42 Å². The molecule has 0 N–H and O–H groups in total. The van der Waals surface area contributed by atoms with E-state index in [1.807, 2.05) is 29.2 Å². The maximum absolute atomic E-state index is 10.9. The lowest BCUT2D eigenvalue weighted by Gasteiger charge is -2.16. The van der Waals surface area contributed by atoms with Crippen molar-refractivity contribution in [2.24, 2.45) is 0 Å². The zero-order valence-electron chi connectivity index (χ0n) is 7.81. The second kappa shape index (κ2) is 3.65. The van der Waals surface area contributed by atoms with E-state index >= 15 is 0 Å². The molecule has 1 aromatic carbocycles. The number of aldehydes is 1. The Morgan fingerprint density at radius 3 is 3.07 bits per heavy atom. The van der Waals surface area contributed by atoms with Gasteiger partial charge in [0.1, 0.15) is 6.29 Å². The van der Waals surface area contributed by atoms with Gasteiger partial charge in [0, 0.05) is 6.54 Å². The van der Waals surface area contributed by atoms with Gasteiger partial charge < -0.3 is 4.79 Å². The predicted molar refractivity (Wildman–Crippen MR) is 54.5 cm³/mol. The second-order valence-electron chi connectivity index (χ2n) is 3.39. The number of rotatable bonds is 2. The lowest BCUT2D eigenvalue weighted by molar-refractivity contribution is -0.112. The number of hydrogen-bond donors (Lipinski definition) is 0. The highest BCUT2D eigenvalue weighted by atomic mass is 16.1. The Kier molecular flexibility index (Phi) is 2.34. The first kappa shape index (κ1) is 8.98. The van der Waals surface area contributed by atoms with E-state index in [-0.39, 0.29) is 6.04 Å². The van der Waals surface area contributed by atoms with Crippen molar-refractivity contribution in [2.75, 3.05) is 6.54 Å². The standard InChI is InChI=1S/C12H11NO/c1-2-7-13-8-10-5-3-4-6-11(10)12(13)9-14/h1,3-6,9,12H,7-8H2. The summed E-state index contributed by atoms with van der Waals surface area (Å²) in [5.74, 6) is 2.58. The average molecular weight is 185 g/mol. The topological polar surface area (TPSA) is 20.3 Å². The number of nitrogens with zero attached hydrogens (tertiary/aromatic N) is 1. The minimum absolute atomic E-state index is 0.151. The highest BCUT2D eigenvalue weighted by Crippen LogP contribution is 2.31. The van der Waals surface area contributed by atoms with Crippen molar-refractivity contribution in [1.82, 2.24) is 4.90 Å². The van der Waals surface area contributed by atoms with Crippen molar-refractivity contribution in [1.29, 1.82) is 0 Å². The van der Waals surface area contributed by atoms with Gasteiger partial charge in [0.15, 0.2) is 0 Å². The molecule has 1 atom stereocenters. The number of terminal acetylenes is 1. The number of fused-ring (bicyclic) bond motifs is 1. The van der Waals surface area contributed by atoms with Gasteiger partial charge in [-0.3, -0.25) is 4.90 Å². The largest absolute Gasteiger partial charge is 0.301 e. The molecule has 0 saturated carbocycles. The average Bonchev–Trinajstić information content (AvgIpc) is 2.55. The molecule has 2 heteroatoms. The highest BCUT2D eigenvalue weighted by molar-refractivity contribution is 5.64. The molecule has 1 aliphatic heterocycles. The monoisotopic (exact) mass is 185 g/mol. The summed E-state index contributed by atoms with van der Waals surface area (Å²) in [6.45, 7) is 1.31. The van der Waals surface area contributed by atoms with Crippen molar-refractivity contribution in [3.8, 4) is 12.3 Å². The first-order chi connectivity index (χ1) is 6.86. The van der Waals surface area contributed by atoms with E-state index in [1.54, 1.807) is 0 Å². The fourth-order valence-electron chi connectivity index (χ4n) is 1.91. The Morgan fingerprint density at radius 1 is 1.57 bits per heavy atom. The summed E-state index contributed by atoms with van der Waals surface area (Å²) in [6, 6.07) is 7.82. The highest BCUT2D eigenvalue weighted by Gasteiger charge is 2.28. The summed E-state index contributed by atoms with van der Waals surface area (Å²) < 4.78 is 0. The molecule has 0 amide bonds. The lowest BCUT2D eigenvalue weighted by atomic mass is 10.1. The Morgan fingerprint density at radius 2 is 2.36 bits per heavy atom. The van der Waals surface area contributed by atoms with Crippen LogP contribution in [0.2, 0.25) is 0 Å². The van der Waals surface area contributed by atoms with Crippen LogP contribution in [-0.2, 0) is 11.3 Å². The van der Waals surface area contributed by atoms with Crippen molar-refractivity contribution >= 4 is 6.29 Å². The SMILES string of the molecule is C#CCN1Cc2ccccc2C1C=O. The summed E-state index contributed by atoms with van der Waals surface area (Å²) in [7, 11) is 0. The third-order valence-electron chi connectivity index (χ3n) is 2.56. The van der Waals surface area contributed by atoms with Crippen LogP contribution in [0.1, 0.15) is 17.2 Å². The molecular formula is C12H11NO. The second-order valence-corrected chi connectivity index (χ2v) is 3.39. The summed E-state index contributed by atoms with van der Waals surface area (Å²) in [5.41, 5.74) is 2.30. The predicted octanol–water partition coefficient (Wildman–Crippen LogP) is 1.38. The summed E-state index contributed by atoms with van der Waals surface area (Å²) in [5, 5.41) is 0. The summed E-state index contributed by atoms with van der Waals surface area (Å²) in [4.78, 5) is 12.9. The van der Waals surface area contributed by atoms with Crippen molar-refractivity contribution in [2.45, 2.75) is 12.6 Å². The maximum atomic E-state index is 10.9. The molecule has 2 rings (SSSR count). The van der Waals surface area contributed by atoms with Gasteiger partial charge in [-0.25, -0.2) is 0 Å². The molecule has 0 saturated heterocycles. The zero-order valence-corrected chi connectivity index (χ0v) is 7.81. The maximum Gasteiger partial charge on any atom is 0.141 e. The Balaban J connectivity index is 2.34. The van der Waals surface area contributed by atoms with Crippen LogP contribution in [0, 0.1) is 12.3 Å². The van der Waals surface area contributed by atoms with E-state index in [2.05, 4.69) is 5.92 Å². The van der Waals surface area contributed by atoms with Crippen LogP contribution in [0.3, 0.4) is 0 Å². The van der Waals surface area contributed by atoms with E-state index in [0.717, 1.165) is 18.4 Å². The van der Waals surface area contributed by atoms with Crippen LogP contribution in [0.15, 0.2) is 24.3 Å². The Labute approximate surface area is 83.5 Å². The molecule has 0 aromatic heterocycles. The molecule has 1 heterocycles. The molecule has 0 radical (unpaired) electrons. The third-order valence-corrected chi connectivity index (χ3v) is 2.56. The van der Waals surface area contributed by atoms with Crippen LogP contribution < -0.4 is 0 Å². The normalized spacial score (nSPS) is 20.1. The molecule has 14 heavy (non-hydrogen) atoms. The van der Waals surface area contributed by atoms with Gasteiger partial charge in [0.05, 0.1) is 12.6 Å². The van der Waals surface area contributed by atoms with Crippen molar-refractivity contribution in [3.05, 3.63) is 35.4 Å². The molecule has 70 valence electrons. The molecule has 0 aliphatic carbocycles. The van der Waals surface area contributed by atoms with E-state index in [1.165, 1.54) is 5.56 Å². The Hall–Kier alpha value is -1.59. The number of benzene rings is 1. The first-order valence-electron chi connectivity index (χ1n) is 4.57. The minimum atomic E-state index is -0.151. The van der Waals surface area contributed by atoms with Gasteiger partial charge in [0.2, 0.25) is 0 Å². The minimum Gasteiger partial charge on any atom is -0.301 e. The van der Waals surface area contributed by atoms with Crippen LogP contribution in [0.5, 0.6) is 0 Å². The molecule has 1 aliphatic rings. The fourth-order valence-corrected chi connectivity index (χ4v) is 1.91. The zero-order chi connectivity index (χ0) is 9.97. The van der Waals surface area contributed by atoms with Crippen LogP contribution >= 0.6 is 0 Å². The molecule has 0 fully saturated rings. The van der Waals surface area contributed by atoms with Gasteiger partial charge in [-0.1, -0.05) is 30.2 Å². The van der Waals surface area contributed by atoms with Gasteiger partial charge in [-0.15, -0.1) is 6.42 Å². The van der Waals surface area contributed by atoms with Crippen molar-refractivity contribution < 1.29 is 4.79 Å². The quantitative estimate of drug-likeness (QED) is 0.512. The van der Waals surface area contributed by atoms with E-state index in [9.17, 15) is 4.79 Å². The molecule has 2 nitrogen and oxygen atoms in total. The smallest absolute Gasteiger partial charge is 0.141 e. The van der Waals surface area contributed by atoms with Gasteiger partial charge in [-0.2, -0.15) is 0 Å². The van der Waals surface area contributed by atoms with Crippen LogP contribution in [0.25, 0.3) is 0 Å². The number of carbonyl (C=O) groups excluding carboxylic acids is 1. The molecular weight excluding hydrogens is 174 g/mol. The lowest BCUT2D eigenvalue weighted by Crippen LogP contribution is -2.23. The van der Waals surface area contributed by atoms with Gasteiger partial charge in [-0.05, 0) is 11.1 Å². The van der Waals surface area contributed by atoms with Crippen molar-refractivity contribution in [3.63, 3.8) is 0 Å². The van der Waals surface area contributed by atoms with E-state index in [0.29, 0.717) is 6.54 Å². The first-order valence-corrected chi connectivity index (χ1v) is 4.57. The molecule has 0 spiro atoms. The summed E-state index contributed by atoms with van der Waals surface area (Å²) >= 11 is 0. The Bertz CT molecular complexity index is 392. The molecule has 1 unspecified atom stereocenters.